The molecule has 6 nitrogen and oxygen atoms in total. The molecular formula is C22H36FN5O. The van der Waals surface area contributed by atoms with Gasteiger partial charge in [0.15, 0.2) is 5.96 Å². The van der Waals surface area contributed by atoms with Crippen molar-refractivity contribution in [2.45, 2.75) is 38.3 Å². The Kier molecular flexibility index (Phi) is 8.70. The Hall–Kier alpha value is -1.70. The fraction of sp³-hybridized carbons (Fsp3) is 0.682. The number of halogens is 1. The van der Waals surface area contributed by atoms with Gasteiger partial charge in [0.25, 0.3) is 0 Å². The first kappa shape index (κ1) is 22.0. The van der Waals surface area contributed by atoms with Crippen LogP contribution in [0.25, 0.3) is 0 Å². The predicted molar refractivity (Wildman–Crippen MR) is 116 cm³/mol. The molecule has 2 aliphatic heterocycles. The molecule has 2 fully saturated rings. The van der Waals surface area contributed by atoms with E-state index in [1.807, 2.05) is 12.1 Å². The largest absolute Gasteiger partial charge is 0.379 e. The first-order chi connectivity index (χ1) is 14.2. The number of rotatable bonds is 7. The van der Waals surface area contributed by atoms with Gasteiger partial charge in [-0.2, -0.15) is 0 Å². The number of hydrogen-bond acceptors (Lipinski definition) is 4. The molecule has 2 heterocycles. The van der Waals surface area contributed by atoms with E-state index < -0.39 is 0 Å². The van der Waals surface area contributed by atoms with Crippen LogP contribution in [-0.4, -0.2) is 81.3 Å². The molecule has 29 heavy (non-hydrogen) atoms. The summed E-state index contributed by atoms with van der Waals surface area (Å²) in [4.78, 5) is 9.34. The van der Waals surface area contributed by atoms with E-state index in [0.717, 1.165) is 50.9 Å². The number of benzene rings is 1. The number of morpholine rings is 1. The first-order valence-corrected chi connectivity index (χ1v) is 10.9. The van der Waals surface area contributed by atoms with Crippen LogP contribution in [-0.2, 0) is 4.74 Å². The van der Waals surface area contributed by atoms with Crippen molar-refractivity contribution in [3.63, 3.8) is 0 Å². The van der Waals surface area contributed by atoms with Crippen LogP contribution in [0.3, 0.4) is 0 Å². The molecule has 0 amide bonds. The molecule has 0 spiro atoms. The summed E-state index contributed by atoms with van der Waals surface area (Å²) in [5, 5.41) is 6.92. The lowest BCUT2D eigenvalue weighted by atomic mass is 10.0. The van der Waals surface area contributed by atoms with Crippen molar-refractivity contribution in [1.29, 1.82) is 0 Å². The van der Waals surface area contributed by atoms with Crippen LogP contribution in [0.15, 0.2) is 29.3 Å². The highest BCUT2D eigenvalue weighted by molar-refractivity contribution is 5.79. The van der Waals surface area contributed by atoms with Gasteiger partial charge < -0.3 is 15.4 Å². The Morgan fingerprint density at radius 1 is 1.17 bits per heavy atom. The third-order valence-corrected chi connectivity index (χ3v) is 6.06. The number of ether oxygens (including phenoxy) is 1. The maximum atomic E-state index is 13.4. The van der Waals surface area contributed by atoms with E-state index in [0.29, 0.717) is 12.6 Å². The minimum atomic E-state index is -0.202. The number of nitrogens with zero attached hydrogens (tertiary/aromatic N) is 3. The lowest BCUT2D eigenvalue weighted by molar-refractivity contribution is 0.0170. The highest BCUT2D eigenvalue weighted by Gasteiger charge is 2.23. The minimum Gasteiger partial charge on any atom is -0.379 e. The fourth-order valence-electron chi connectivity index (χ4n) is 4.25. The third-order valence-electron chi connectivity index (χ3n) is 6.06. The van der Waals surface area contributed by atoms with Crippen molar-refractivity contribution in [3.05, 3.63) is 35.6 Å². The normalized spacial score (nSPS) is 23.0. The van der Waals surface area contributed by atoms with Gasteiger partial charge in [0.2, 0.25) is 0 Å². The van der Waals surface area contributed by atoms with Crippen molar-refractivity contribution in [2.24, 2.45) is 4.99 Å². The summed E-state index contributed by atoms with van der Waals surface area (Å²) in [6.07, 6.45) is 3.95. The van der Waals surface area contributed by atoms with Crippen molar-refractivity contribution in [1.82, 2.24) is 20.4 Å². The summed E-state index contributed by atoms with van der Waals surface area (Å²) in [5.74, 6) is 0.613. The standard InChI is InChI=1S/C22H36FN5O/c1-18-5-3-4-11-27(18)12-10-25-22(24-2)26-17-21(28-13-15-29-16-14-28)19-6-8-20(23)9-7-19/h6-9,18,21H,3-5,10-17H2,1-2H3,(H2,24,25,26). The molecule has 0 saturated carbocycles. The van der Waals surface area contributed by atoms with Crippen LogP contribution in [0.5, 0.6) is 0 Å². The zero-order valence-corrected chi connectivity index (χ0v) is 17.9. The zero-order chi connectivity index (χ0) is 20.5. The molecule has 2 unspecified atom stereocenters. The quantitative estimate of drug-likeness (QED) is 0.538. The molecule has 1 aromatic carbocycles. The molecule has 0 aromatic heterocycles. The average Bonchev–Trinajstić information content (AvgIpc) is 2.76. The van der Waals surface area contributed by atoms with Crippen LogP contribution in [0.1, 0.15) is 37.8 Å². The van der Waals surface area contributed by atoms with E-state index >= 15 is 0 Å². The molecule has 7 heteroatoms. The van der Waals surface area contributed by atoms with Gasteiger partial charge in [-0.25, -0.2) is 4.39 Å². The van der Waals surface area contributed by atoms with Crippen molar-refractivity contribution >= 4 is 5.96 Å². The molecule has 3 rings (SSSR count). The van der Waals surface area contributed by atoms with E-state index in [1.54, 1.807) is 7.05 Å². The molecule has 2 saturated heterocycles. The van der Waals surface area contributed by atoms with Gasteiger partial charge in [-0.3, -0.25) is 14.8 Å². The van der Waals surface area contributed by atoms with Gasteiger partial charge in [0, 0.05) is 45.8 Å². The summed E-state index contributed by atoms with van der Waals surface area (Å²) < 4.78 is 18.9. The van der Waals surface area contributed by atoms with Gasteiger partial charge in [-0.1, -0.05) is 18.6 Å². The van der Waals surface area contributed by atoms with Crippen molar-refractivity contribution < 1.29 is 9.13 Å². The van der Waals surface area contributed by atoms with Gasteiger partial charge in [0.05, 0.1) is 19.3 Å². The van der Waals surface area contributed by atoms with E-state index in [9.17, 15) is 4.39 Å². The summed E-state index contributed by atoms with van der Waals surface area (Å²) in [6.45, 7) is 9.36. The molecule has 1 aromatic rings. The Morgan fingerprint density at radius 3 is 2.62 bits per heavy atom. The summed E-state index contributed by atoms with van der Waals surface area (Å²) in [6, 6.07) is 7.66. The molecule has 2 N–H and O–H groups in total. The van der Waals surface area contributed by atoms with Gasteiger partial charge in [0.1, 0.15) is 5.82 Å². The highest BCUT2D eigenvalue weighted by atomic mass is 19.1. The molecular weight excluding hydrogens is 369 g/mol. The van der Waals surface area contributed by atoms with Crippen molar-refractivity contribution in [2.75, 3.05) is 59.5 Å². The second-order valence-corrected chi connectivity index (χ2v) is 7.98. The Morgan fingerprint density at radius 2 is 1.93 bits per heavy atom. The minimum absolute atomic E-state index is 0.153. The van der Waals surface area contributed by atoms with Gasteiger partial charge in [-0.15, -0.1) is 0 Å². The number of piperidine rings is 1. The van der Waals surface area contributed by atoms with E-state index in [4.69, 9.17) is 4.74 Å². The third kappa shape index (κ3) is 6.66. The number of nitrogens with one attached hydrogen (secondary N) is 2. The van der Waals surface area contributed by atoms with Gasteiger partial charge in [-0.05, 0) is 44.0 Å². The molecule has 2 aliphatic rings. The first-order valence-electron chi connectivity index (χ1n) is 10.9. The second-order valence-electron chi connectivity index (χ2n) is 7.98. The van der Waals surface area contributed by atoms with Gasteiger partial charge >= 0.3 is 0 Å². The number of hydrogen-bond donors (Lipinski definition) is 2. The van der Waals surface area contributed by atoms with E-state index in [-0.39, 0.29) is 11.9 Å². The van der Waals surface area contributed by atoms with Crippen LogP contribution in [0.2, 0.25) is 0 Å². The van der Waals surface area contributed by atoms with Crippen LogP contribution < -0.4 is 10.6 Å². The van der Waals surface area contributed by atoms with E-state index in [2.05, 4.69) is 32.3 Å². The number of guanidine groups is 1. The fourth-order valence-corrected chi connectivity index (χ4v) is 4.25. The molecule has 162 valence electrons. The predicted octanol–water partition coefficient (Wildman–Crippen LogP) is 2.24. The maximum absolute atomic E-state index is 13.4. The lowest BCUT2D eigenvalue weighted by Gasteiger charge is -2.35. The van der Waals surface area contributed by atoms with Crippen LogP contribution >= 0.6 is 0 Å². The monoisotopic (exact) mass is 405 g/mol. The molecule has 0 bridgehead atoms. The smallest absolute Gasteiger partial charge is 0.191 e. The Balaban J connectivity index is 1.53. The number of likely N-dealkylation sites (tertiary alicyclic amines) is 1. The topological polar surface area (TPSA) is 52.1 Å². The van der Waals surface area contributed by atoms with Crippen LogP contribution in [0, 0.1) is 5.82 Å². The Bertz CT molecular complexity index is 633. The van der Waals surface area contributed by atoms with Crippen molar-refractivity contribution in [3.8, 4) is 0 Å². The lowest BCUT2D eigenvalue weighted by Crippen LogP contribution is -2.48. The summed E-state index contributed by atoms with van der Waals surface area (Å²) in [7, 11) is 1.81. The zero-order valence-electron chi connectivity index (χ0n) is 17.9. The van der Waals surface area contributed by atoms with Crippen LogP contribution in [0.4, 0.5) is 4.39 Å². The molecule has 2 atom stereocenters. The average molecular weight is 406 g/mol. The number of aliphatic imine (C=N–C) groups is 1. The molecule has 0 aliphatic carbocycles. The summed E-state index contributed by atoms with van der Waals surface area (Å²) in [5.41, 5.74) is 1.11. The highest BCUT2D eigenvalue weighted by Crippen LogP contribution is 2.21. The Labute approximate surface area is 174 Å². The second kappa shape index (κ2) is 11.5. The van der Waals surface area contributed by atoms with E-state index in [1.165, 1.54) is 37.9 Å². The SMILES string of the molecule is CN=C(NCCN1CCCCC1C)NCC(c1ccc(F)cc1)N1CCOCC1. The summed E-state index contributed by atoms with van der Waals surface area (Å²) >= 11 is 0. The molecule has 0 radical (unpaired) electrons. The maximum Gasteiger partial charge on any atom is 0.191 e.